The topological polar surface area (TPSA) is 93.4 Å². The fourth-order valence-corrected chi connectivity index (χ4v) is 3.14. The average Bonchev–Trinajstić information content (AvgIpc) is 2.60. The van der Waals surface area contributed by atoms with Gasteiger partial charge in [0.25, 0.3) is 5.91 Å². The first kappa shape index (κ1) is 23.1. The Bertz CT molecular complexity index is 1010. The highest BCUT2D eigenvalue weighted by molar-refractivity contribution is 6.21. The third-order valence-corrected chi connectivity index (χ3v) is 4.77. The summed E-state index contributed by atoms with van der Waals surface area (Å²) < 4.78 is 14.0. The van der Waals surface area contributed by atoms with Crippen LogP contribution < -0.4 is 5.32 Å². The van der Waals surface area contributed by atoms with Crippen LogP contribution in [-0.2, 0) is 15.6 Å². The van der Waals surface area contributed by atoms with E-state index in [1.54, 1.807) is 0 Å². The number of hydrogen-bond acceptors (Lipinski definition) is 4. The van der Waals surface area contributed by atoms with Gasteiger partial charge in [-0.05, 0) is 40.2 Å². The Morgan fingerprint density at radius 2 is 1.60 bits per heavy atom. The van der Waals surface area contributed by atoms with E-state index in [-0.39, 0.29) is 27.7 Å². The molecule has 0 spiro atoms. The highest BCUT2D eigenvalue weighted by Crippen LogP contribution is 2.39. The lowest BCUT2D eigenvalue weighted by molar-refractivity contribution is -0.112. The molecule has 0 saturated heterocycles. The Kier molecular flexibility index (Phi) is 6.40. The molecule has 0 aliphatic rings. The molecule has 0 fully saturated rings. The predicted octanol–water partition coefficient (Wildman–Crippen LogP) is 5.68. The van der Waals surface area contributed by atoms with E-state index >= 15 is 0 Å². The number of phenols is 1. The van der Waals surface area contributed by atoms with Gasteiger partial charge in [0, 0.05) is 18.0 Å². The maximum atomic E-state index is 14.0. The minimum atomic E-state index is -0.779. The van der Waals surface area contributed by atoms with Crippen LogP contribution in [0.2, 0.25) is 0 Å². The van der Waals surface area contributed by atoms with Crippen LogP contribution in [-0.4, -0.2) is 22.3 Å². The first-order valence-corrected chi connectivity index (χ1v) is 9.65. The number of anilines is 1. The molecule has 0 aliphatic carbocycles. The van der Waals surface area contributed by atoms with Gasteiger partial charge in [0.15, 0.2) is 0 Å². The molecule has 5 nitrogen and oxygen atoms in total. The van der Waals surface area contributed by atoms with Gasteiger partial charge in [0.1, 0.15) is 17.3 Å². The van der Waals surface area contributed by atoms with Gasteiger partial charge in [-0.3, -0.25) is 4.79 Å². The second kappa shape index (κ2) is 8.30. The lowest BCUT2D eigenvalue weighted by Crippen LogP contribution is -2.23. The normalized spacial score (nSPS) is 12.9. The first-order chi connectivity index (χ1) is 13.8. The molecule has 0 aromatic heterocycles. The average molecular weight is 413 g/mol. The van der Waals surface area contributed by atoms with Gasteiger partial charge in [0.05, 0.1) is 11.1 Å². The van der Waals surface area contributed by atoms with Gasteiger partial charge in [-0.1, -0.05) is 53.7 Å². The molecule has 0 atom stereocenters. The van der Waals surface area contributed by atoms with Gasteiger partial charge in [-0.25, -0.2) is 4.39 Å². The highest BCUT2D eigenvalue weighted by Gasteiger charge is 2.27. The van der Waals surface area contributed by atoms with Crippen molar-refractivity contribution in [3.05, 3.63) is 64.5 Å². The Morgan fingerprint density at radius 3 is 2.10 bits per heavy atom. The number of phenolic OH excluding ortho intramolecular Hbond substituents is 1. The monoisotopic (exact) mass is 412 g/mol. The molecular formula is C24H29FN2O3. The molecule has 0 saturated carbocycles. The molecule has 30 heavy (non-hydrogen) atoms. The summed E-state index contributed by atoms with van der Waals surface area (Å²) in [5, 5.41) is 31.2. The van der Waals surface area contributed by atoms with Crippen LogP contribution in [0.25, 0.3) is 5.76 Å². The van der Waals surface area contributed by atoms with Crippen molar-refractivity contribution in [3.8, 4) is 5.75 Å². The second-order valence-corrected chi connectivity index (χ2v) is 9.26. The Balaban J connectivity index is 2.56. The number of amides is 1. The molecule has 0 aliphatic heterocycles. The minimum absolute atomic E-state index is 0.0320. The lowest BCUT2D eigenvalue weighted by atomic mass is 9.79. The number of halogens is 1. The third kappa shape index (κ3) is 4.87. The molecule has 2 aromatic carbocycles. The molecule has 0 heterocycles. The molecule has 4 N–H and O–H groups in total. The van der Waals surface area contributed by atoms with Crippen LogP contribution in [0.15, 0.2) is 42.0 Å². The van der Waals surface area contributed by atoms with Crippen molar-refractivity contribution in [3.63, 3.8) is 0 Å². The number of aliphatic hydroxyl groups is 1. The Morgan fingerprint density at radius 1 is 1.03 bits per heavy atom. The largest absolute Gasteiger partial charge is 0.508 e. The van der Waals surface area contributed by atoms with E-state index < -0.39 is 17.5 Å². The van der Waals surface area contributed by atoms with Crippen molar-refractivity contribution in [2.24, 2.45) is 0 Å². The Labute approximate surface area is 176 Å². The molecular weight excluding hydrogens is 383 g/mol. The van der Waals surface area contributed by atoms with Crippen molar-refractivity contribution in [1.82, 2.24) is 0 Å². The molecule has 6 heteroatoms. The summed E-state index contributed by atoms with van der Waals surface area (Å²) in [7, 11) is 0. The van der Waals surface area contributed by atoms with Gasteiger partial charge in [-0.2, -0.15) is 0 Å². The van der Waals surface area contributed by atoms with E-state index in [4.69, 9.17) is 5.41 Å². The van der Waals surface area contributed by atoms with Crippen molar-refractivity contribution >= 4 is 23.6 Å². The summed E-state index contributed by atoms with van der Waals surface area (Å²) in [6, 6.07) is 8.80. The molecule has 0 unspecified atom stereocenters. The third-order valence-electron chi connectivity index (χ3n) is 4.77. The van der Waals surface area contributed by atoms with Crippen LogP contribution in [0.3, 0.4) is 0 Å². The summed E-state index contributed by atoms with van der Waals surface area (Å²) in [4.78, 5) is 12.9. The number of nitrogens with one attached hydrogen (secondary N) is 2. The predicted molar refractivity (Wildman–Crippen MR) is 119 cm³/mol. The zero-order valence-corrected chi connectivity index (χ0v) is 18.2. The first-order valence-electron chi connectivity index (χ1n) is 9.65. The number of aromatic hydroxyl groups is 1. The van der Waals surface area contributed by atoms with Crippen molar-refractivity contribution < 1.29 is 19.4 Å². The van der Waals surface area contributed by atoms with Crippen LogP contribution in [0.4, 0.5) is 10.1 Å². The summed E-state index contributed by atoms with van der Waals surface area (Å²) >= 11 is 0. The number of carbonyl (C=O) groups excluding carboxylic acids is 1. The molecule has 160 valence electrons. The molecule has 1 amide bonds. The smallest absolute Gasteiger partial charge is 0.261 e. The van der Waals surface area contributed by atoms with Gasteiger partial charge >= 0.3 is 0 Å². The maximum absolute atomic E-state index is 14.0. The Hall–Kier alpha value is -3.15. The standard InChI is InChI=1S/C24H29FN2O3/c1-23(2,3)16-11-17(24(4,5)6)20(28)12-19(16)27-22(30)15(13-26)21(29)14-9-7-8-10-18(14)25/h7-13,26,28-29H,1-6H3,(H,27,30). The number of aliphatic hydroxyl groups excluding tert-OH is 1. The van der Waals surface area contributed by atoms with Crippen LogP contribution in [0.1, 0.15) is 58.2 Å². The maximum Gasteiger partial charge on any atom is 0.261 e. The quantitative estimate of drug-likeness (QED) is 0.295. The fraction of sp³-hybridized carbons (Fsp3) is 0.333. The molecule has 2 aromatic rings. The van der Waals surface area contributed by atoms with E-state index in [2.05, 4.69) is 5.32 Å². The van der Waals surface area contributed by atoms with Crippen LogP contribution >= 0.6 is 0 Å². The zero-order chi connectivity index (χ0) is 22.9. The number of rotatable bonds is 4. The van der Waals surface area contributed by atoms with Crippen molar-refractivity contribution in [2.75, 3.05) is 5.32 Å². The fourth-order valence-electron chi connectivity index (χ4n) is 3.14. The number of benzene rings is 2. The molecule has 0 radical (unpaired) electrons. The summed E-state index contributed by atoms with van der Waals surface area (Å²) in [5.41, 5.74) is 0.649. The van der Waals surface area contributed by atoms with E-state index in [1.165, 1.54) is 24.3 Å². The molecule has 0 bridgehead atoms. The van der Waals surface area contributed by atoms with Crippen LogP contribution in [0, 0.1) is 11.2 Å². The summed E-state index contributed by atoms with van der Waals surface area (Å²) in [5.74, 6) is -2.08. The van der Waals surface area contributed by atoms with Gasteiger partial charge in [0.2, 0.25) is 0 Å². The van der Waals surface area contributed by atoms with Gasteiger partial charge < -0.3 is 20.9 Å². The lowest BCUT2D eigenvalue weighted by Gasteiger charge is -2.28. The second-order valence-electron chi connectivity index (χ2n) is 9.26. The van der Waals surface area contributed by atoms with E-state index in [9.17, 15) is 19.4 Å². The SMILES string of the molecule is CC(C)(C)c1cc(C(C)(C)C)c(NC(=O)C(C=N)=C(O)c2ccccc2F)cc1O. The minimum Gasteiger partial charge on any atom is -0.508 e. The van der Waals surface area contributed by atoms with E-state index in [0.29, 0.717) is 11.9 Å². The molecule has 2 rings (SSSR count). The zero-order valence-electron chi connectivity index (χ0n) is 18.2. The summed E-state index contributed by atoms with van der Waals surface area (Å²) in [6.07, 6.45) is 0.678. The number of hydrogen-bond donors (Lipinski definition) is 4. The highest BCUT2D eigenvalue weighted by atomic mass is 19.1. The van der Waals surface area contributed by atoms with Crippen LogP contribution in [0.5, 0.6) is 5.75 Å². The van der Waals surface area contributed by atoms with Gasteiger partial charge in [-0.15, -0.1) is 0 Å². The van der Waals surface area contributed by atoms with Crippen molar-refractivity contribution in [2.45, 2.75) is 52.4 Å². The number of carbonyl (C=O) groups is 1. The van der Waals surface area contributed by atoms with Crippen molar-refractivity contribution in [1.29, 1.82) is 5.41 Å². The van der Waals surface area contributed by atoms with E-state index in [0.717, 1.165) is 17.2 Å². The van der Waals surface area contributed by atoms with E-state index in [1.807, 2.05) is 47.6 Å². The summed E-state index contributed by atoms with van der Waals surface area (Å²) in [6.45, 7) is 11.9.